The minimum atomic E-state index is -0.179. The zero-order valence-corrected chi connectivity index (χ0v) is 11.8. The summed E-state index contributed by atoms with van der Waals surface area (Å²) in [5, 5.41) is 6.49. The van der Waals surface area contributed by atoms with E-state index in [2.05, 4.69) is 24.5 Å². The van der Waals surface area contributed by atoms with Gasteiger partial charge in [0.15, 0.2) is 0 Å². The maximum absolute atomic E-state index is 12.2. The summed E-state index contributed by atoms with van der Waals surface area (Å²) in [5.41, 5.74) is 0.274. The zero-order valence-electron chi connectivity index (χ0n) is 11.0. The second-order valence-corrected chi connectivity index (χ2v) is 5.88. The normalized spacial score (nSPS) is 30.2. The van der Waals surface area contributed by atoms with Gasteiger partial charge in [0.1, 0.15) is 0 Å². The molecule has 100 valence electrons. The molecule has 3 nitrogen and oxygen atoms in total. The Hall–Kier alpha value is -0.280. The van der Waals surface area contributed by atoms with Crippen LogP contribution in [0.4, 0.5) is 0 Å². The second-order valence-electron chi connectivity index (χ2n) is 5.88. The lowest BCUT2D eigenvalue weighted by Gasteiger charge is -2.33. The fourth-order valence-corrected chi connectivity index (χ4v) is 2.56. The van der Waals surface area contributed by atoms with Gasteiger partial charge in [-0.25, -0.2) is 0 Å². The summed E-state index contributed by atoms with van der Waals surface area (Å²) in [5.74, 6) is 0.249. The molecule has 0 aromatic rings. The van der Waals surface area contributed by atoms with Crippen molar-refractivity contribution in [3.63, 3.8) is 0 Å². The van der Waals surface area contributed by atoms with E-state index in [1.54, 1.807) is 0 Å². The van der Waals surface area contributed by atoms with Crippen molar-refractivity contribution in [1.29, 1.82) is 0 Å². The van der Waals surface area contributed by atoms with Gasteiger partial charge < -0.3 is 10.6 Å². The number of hydrogen-bond donors (Lipinski definition) is 2. The Bertz CT molecular complexity index is 271. The first-order valence-corrected chi connectivity index (χ1v) is 6.59. The molecule has 0 bridgehead atoms. The van der Waals surface area contributed by atoms with Gasteiger partial charge in [0.05, 0.1) is 5.41 Å². The first-order valence-electron chi connectivity index (χ1n) is 6.59. The molecule has 2 aliphatic rings. The molecule has 1 saturated carbocycles. The molecule has 1 aliphatic heterocycles. The van der Waals surface area contributed by atoms with Gasteiger partial charge in [-0.15, -0.1) is 12.4 Å². The molecule has 0 spiro atoms. The molecule has 4 heteroatoms. The monoisotopic (exact) mass is 260 g/mol. The van der Waals surface area contributed by atoms with E-state index >= 15 is 0 Å². The Morgan fingerprint density at radius 3 is 2.53 bits per heavy atom. The second kappa shape index (κ2) is 5.57. The van der Waals surface area contributed by atoms with Gasteiger partial charge in [-0.3, -0.25) is 4.79 Å². The first-order chi connectivity index (χ1) is 7.60. The molecule has 17 heavy (non-hydrogen) atoms. The van der Waals surface area contributed by atoms with Crippen LogP contribution in [-0.2, 0) is 4.79 Å². The Morgan fingerprint density at radius 2 is 2.06 bits per heavy atom. The maximum atomic E-state index is 12.2. The molecule has 1 saturated heterocycles. The molecule has 0 aromatic carbocycles. The molecule has 2 N–H and O–H groups in total. The third-order valence-electron chi connectivity index (χ3n) is 4.48. The van der Waals surface area contributed by atoms with Crippen LogP contribution in [0.3, 0.4) is 0 Å². The van der Waals surface area contributed by atoms with Crippen LogP contribution in [0.5, 0.6) is 0 Å². The summed E-state index contributed by atoms with van der Waals surface area (Å²) in [6, 6.07) is 0. The molecular formula is C13H25ClN2O. The van der Waals surface area contributed by atoms with Gasteiger partial charge >= 0.3 is 0 Å². The van der Waals surface area contributed by atoms with E-state index in [0.717, 1.165) is 32.5 Å². The zero-order chi connectivity index (χ0) is 11.6. The van der Waals surface area contributed by atoms with Crippen molar-refractivity contribution >= 4 is 18.3 Å². The molecule has 1 amide bonds. The SMILES string of the molecule is CCC1(CNC(=O)C2(C)CCCNC2)CC1.Cl. The fourth-order valence-electron chi connectivity index (χ4n) is 2.56. The largest absolute Gasteiger partial charge is 0.355 e. The standard InChI is InChI=1S/C13H24N2O.ClH/c1-3-13(6-7-13)10-15-11(16)12(2)5-4-8-14-9-12;/h14H,3-10H2,1-2H3,(H,15,16);1H. The van der Waals surface area contributed by atoms with Gasteiger partial charge in [-0.1, -0.05) is 6.92 Å². The predicted molar refractivity (Wildman–Crippen MR) is 72.4 cm³/mol. The first kappa shape index (κ1) is 14.8. The highest BCUT2D eigenvalue weighted by Crippen LogP contribution is 2.48. The molecule has 1 heterocycles. The Morgan fingerprint density at radius 1 is 1.35 bits per heavy atom. The van der Waals surface area contributed by atoms with Crippen molar-refractivity contribution in [3.8, 4) is 0 Å². The Labute approximate surface area is 111 Å². The van der Waals surface area contributed by atoms with Crippen molar-refractivity contribution in [2.45, 2.75) is 46.0 Å². The molecule has 1 unspecified atom stereocenters. The average Bonchev–Trinajstić information content (AvgIpc) is 3.07. The number of carbonyl (C=O) groups excluding carboxylic acids is 1. The van der Waals surface area contributed by atoms with Crippen molar-refractivity contribution in [3.05, 3.63) is 0 Å². The highest BCUT2D eigenvalue weighted by molar-refractivity contribution is 5.85. The van der Waals surface area contributed by atoms with Crippen LogP contribution >= 0.6 is 12.4 Å². The lowest BCUT2D eigenvalue weighted by Crippen LogP contribution is -2.49. The summed E-state index contributed by atoms with van der Waals surface area (Å²) in [7, 11) is 0. The van der Waals surface area contributed by atoms with Crippen LogP contribution < -0.4 is 10.6 Å². The lowest BCUT2D eigenvalue weighted by molar-refractivity contribution is -0.131. The highest BCUT2D eigenvalue weighted by Gasteiger charge is 2.42. The quantitative estimate of drug-likeness (QED) is 0.813. The van der Waals surface area contributed by atoms with Crippen molar-refractivity contribution in [2.24, 2.45) is 10.8 Å². The maximum Gasteiger partial charge on any atom is 0.227 e. The van der Waals surface area contributed by atoms with Crippen LogP contribution in [0.15, 0.2) is 0 Å². The average molecular weight is 261 g/mol. The minimum absolute atomic E-state index is 0. The molecular weight excluding hydrogens is 236 g/mol. The van der Waals surface area contributed by atoms with Gasteiger partial charge in [-0.2, -0.15) is 0 Å². The van der Waals surface area contributed by atoms with Gasteiger partial charge in [0.2, 0.25) is 5.91 Å². The van der Waals surface area contributed by atoms with Crippen molar-refractivity contribution in [1.82, 2.24) is 10.6 Å². The number of carbonyl (C=O) groups is 1. The summed E-state index contributed by atoms with van der Waals surface area (Å²) < 4.78 is 0. The van der Waals surface area contributed by atoms with Crippen LogP contribution in [0.1, 0.15) is 46.0 Å². The molecule has 1 aliphatic carbocycles. The Kier molecular flexibility index (Phi) is 4.85. The van der Waals surface area contributed by atoms with E-state index in [-0.39, 0.29) is 23.7 Å². The van der Waals surface area contributed by atoms with Crippen molar-refractivity contribution < 1.29 is 4.79 Å². The third kappa shape index (κ3) is 3.35. The van der Waals surface area contributed by atoms with E-state index in [9.17, 15) is 4.79 Å². The lowest BCUT2D eigenvalue weighted by atomic mass is 9.82. The minimum Gasteiger partial charge on any atom is -0.355 e. The highest BCUT2D eigenvalue weighted by atomic mass is 35.5. The fraction of sp³-hybridized carbons (Fsp3) is 0.923. The number of hydrogen-bond acceptors (Lipinski definition) is 2. The van der Waals surface area contributed by atoms with E-state index in [1.165, 1.54) is 19.3 Å². The number of nitrogens with one attached hydrogen (secondary N) is 2. The van der Waals surface area contributed by atoms with E-state index < -0.39 is 0 Å². The number of rotatable bonds is 4. The van der Waals surface area contributed by atoms with E-state index in [0.29, 0.717) is 5.41 Å². The van der Waals surface area contributed by atoms with Crippen LogP contribution in [0.2, 0.25) is 0 Å². The summed E-state index contributed by atoms with van der Waals surface area (Å²) in [6.45, 7) is 7.08. The molecule has 2 fully saturated rings. The van der Waals surface area contributed by atoms with E-state index in [4.69, 9.17) is 0 Å². The van der Waals surface area contributed by atoms with Gasteiger partial charge in [-0.05, 0) is 51.0 Å². The number of amides is 1. The van der Waals surface area contributed by atoms with Crippen LogP contribution in [0, 0.1) is 10.8 Å². The molecule has 0 radical (unpaired) electrons. The van der Waals surface area contributed by atoms with E-state index in [1.807, 2.05) is 0 Å². The van der Waals surface area contributed by atoms with Gasteiger partial charge in [0.25, 0.3) is 0 Å². The summed E-state index contributed by atoms with van der Waals surface area (Å²) in [6.07, 6.45) is 5.91. The van der Waals surface area contributed by atoms with Crippen LogP contribution in [-0.4, -0.2) is 25.5 Å². The van der Waals surface area contributed by atoms with Gasteiger partial charge in [0, 0.05) is 13.1 Å². The summed E-state index contributed by atoms with van der Waals surface area (Å²) in [4.78, 5) is 12.2. The molecule has 1 atom stereocenters. The summed E-state index contributed by atoms with van der Waals surface area (Å²) >= 11 is 0. The topological polar surface area (TPSA) is 41.1 Å². The third-order valence-corrected chi connectivity index (χ3v) is 4.48. The molecule has 2 rings (SSSR count). The van der Waals surface area contributed by atoms with Crippen LogP contribution in [0.25, 0.3) is 0 Å². The molecule has 0 aromatic heterocycles. The smallest absolute Gasteiger partial charge is 0.227 e. The number of piperidine rings is 1. The Balaban J connectivity index is 0.00000144. The van der Waals surface area contributed by atoms with Crippen molar-refractivity contribution in [2.75, 3.05) is 19.6 Å². The predicted octanol–water partition coefficient (Wildman–Crippen LogP) is 2.10. The number of halogens is 1.